The van der Waals surface area contributed by atoms with Crippen LogP contribution in [0.2, 0.25) is 0 Å². The number of hydrogen-bond donors (Lipinski definition) is 2. The molecule has 1 aliphatic carbocycles. The largest absolute Gasteiger partial charge is 0.487 e. The van der Waals surface area contributed by atoms with Crippen molar-refractivity contribution in [3.8, 4) is 5.75 Å². The Balaban J connectivity index is 1.48. The highest BCUT2D eigenvalue weighted by atomic mass is 16.5. The molecule has 7 heteroatoms. The Morgan fingerprint density at radius 2 is 1.87 bits per heavy atom. The van der Waals surface area contributed by atoms with Crippen LogP contribution in [-0.4, -0.2) is 49.4 Å². The summed E-state index contributed by atoms with van der Waals surface area (Å²) >= 11 is 0. The van der Waals surface area contributed by atoms with Crippen LogP contribution in [0, 0.1) is 5.41 Å². The Morgan fingerprint density at radius 3 is 2.48 bits per heavy atom. The SMILES string of the molecule is CN=C(NCc1ccc(OCc2ccccn2)cc1)NCC1(C(=O)N(C)C)CCCC1. The van der Waals surface area contributed by atoms with Crippen LogP contribution in [0.4, 0.5) is 0 Å². The third kappa shape index (κ3) is 6.20. The predicted molar refractivity (Wildman–Crippen MR) is 123 cm³/mol. The second kappa shape index (κ2) is 10.8. The second-order valence-electron chi connectivity index (χ2n) is 8.22. The number of ether oxygens (including phenoxy) is 1. The third-order valence-corrected chi connectivity index (χ3v) is 5.73. The first kappa shape index (κ1) is 22.6. The lowest BCUT2D eigenvalue weighted by Gasteiger charge is -2.31. The molecular formula is C24H33N5O2. The molecule has 2 N–H and O–H groups in total. The summed E-state index contributed by atoms with van der Waals surface area (Å²) in [7, 11) is 5.41. The average Bonchev–Trinajstić information content (AvgIpc) is 3.28. The van der Waals surface area contributed by atoms with Crippen LogP contribution < -0.4 is 15.4 Å². The van der Waals surface area contributed by atoms with Crippen molar-refractivity contribution in [1.29, 1.82) is 0 Å². The lowest BCUT2D eigenvalue weighted by Crippen LogP contribution is -2.49. The van der Waals surface area contributed by atoms with E-state index in [9.17, 15) is 4.79 Å². The summed E-state index contributed by atoms with van der Waals surface area (Å²) in [6, 6.07) is 13.8. The fraction of sp³-hybridized carbons (Fsp3) is 0.458. The van der Waals surface area contributed by atoms with E-state index in [1.807, 2.05) is 56.6 Å². The Kier molecular flexibility index (Phi) is 7.87. The van der Waals surface area contributed by atoms with E-state index < -0.39 is 0 Å². The number of pyridine rings is 1. The van der Waals surface area contributed by atoms with Crippen LogP contribution in [-0.2, 0) is 17.9 Å². The maximum absolute atomic E-state index is 12.7. The molecule has 0 atom stereocenters. The number of amides is 1. The standard InChI is InChI=1S/C24H33N5O2/c1-25-23(28-18-24(13-5-6-14-24)22(30)29(2)3)27-16-19-9-11-21(12-10-19)31-17-20-8-4-7-15-26-20/h4,7-12,15H,5-6,13-14,16-18H2,1-3H3,(H2,25,27,28). The first-order valence-electron chi connectivity index (χ1n) is 10.8. The van der Waals surface area contributed by atoms with Crippen LogP contribution in [0.15, 0.2) is 53.7 Å². The third-order valence-electron chi connectivity index (χ3n) is 5.73. The van der Waals surface area contributed by atoms with Crippen molar-refractivity contribution < 1.29 is 9.53 Å². The number of hydrogen-bond acceptors (Lipinski definition) is 4. The topological polar surface area (TPSA) is 78.9 Å². The minimum Gasteiger partial charge on any atom is -0.487 e. The summed E-state index contributed by atoms with van der Waals surface area (Å²) in [4.78, 5) is 23.0. The zero-order chi connectivity index (χ0) is 22.1. The molecular weight excluding hydrogens is 390 g/mol. The molecule has 0 bridgehead atoms. The Labute approximate surface area is 184 Å². The number of aromatic nitrogens is 1. The van der Waals surface area contributed by atoms with Gasteiger partial charge >= 0.3 is 0 Å². The fourth-order valence-electron chi connectivity index (χ4n) is 4.00. The molecule has 1 aromatic heterocycles. The average molecular weight is 424 g/mol. The van der Waals surface area contributed by atoms with Gasteiger partial charge in [0.05, 0.1) is 11.1 Å². The highest BCUT2D eigenvalue weighted by Crippen LogP contribution is 2.38. The Hall–Kier alpha value is -3.09. The summed E-state index contributed by atoms with van der Waals surface area (Å²) < 4.78 is 5.79. The van der Waals surface area contributed by atoms with Gasteiger partial charge in [0.25, 0.3) is 0 Å². The van der Waals surface area contributed by atoms with Crippen molar-refractivity contribution in [1.82, 2.24) is 20.5 Å². The van der Waals surface area contributed by atoms with E-state index in [0.717, 1.165) is 42.7 Å². The summed E-state index contributed by atoms with van der Waals surface area (Å²) in [5, 5.41) is 6.70. The number of carbonyl (C=O) groups is 1. The summed E-state index contributed by atoms with van der Waals surface area (Å²) in [5.41, 5.74) is 1.69. The highest BCUT2D eigenvalue weighted by Gasteiger charge is 2.42. The van der Waals surface area contributed by atoms with Crippen LogP contribution >= 0.6 is 0 Å². The van der Waals surface area contributed by atoms with E-state index in [1.54, 1.807) is 18.1 Å². The van der Waals surface area contributed by atoms with Gasteiger partial charge in [-0.1, -0.05) is 31.0 Å². The highest BCUT2D eigenvalue weighted by molar-refractivity contribution is 5.85. The molecule has 31 heavy (non-hydrogen) atoms. The minimum atomic E-state index is -0.326. The number of benzene rings is 1. The van der Waals surface area contributed by atoms with Gasteiger partial charge in [-0.25, -0.2) is 0 Å². The molecule has 1 aliphatic rings. The quantitative estimate of drug-likeness (QED) is 0.504. The molecule has 7 nitrogen and oxygen atoms in total. The van der Waals surface area contributed by atoms with Crippen molar-refractivity contribution in [2.75, 3.05) is 27.7 Å². The number of guanidine groups is 1. The number of nitrogens with zero attached hydrogens (tertiary/aromatic N) is 3. The van der Waals surface area contributed by atoms with Crippen LogP contribution in [0.5, 0.6) is 5.75 Å². The van der Waals surface area contributed by atoms with Gasteiger partial charge in [0.2, 0.25) is 5.91 Å². The normalized spacial score (nSPS) is 15.4. The van der Waals surface area contributed by atoms with Gasteiger partial charge < -0.3 is 20.3 Å². The number of nitrogens with one attached hydrogen (secondary N) is 2. The van der Waals surface area contributed by atoms with E-state index in [1.165, 1.54) is 0 Å². The maximum atomic E-state index is 12.7. The molecule has 0 saturated heterocycles. The van der Waals surface area contributed by atoms with Gasteiger partial charge in [0.15, 0.2) is 5.96 Å². The van der Waals surface area contributed by atoms with Crippen LogP contribution in [0.3, 0.4) is 0 Å². The van der Waals surface area contributed by atoms with Crippen molar-refractivity contribution in [2.24, 2.45) is 10.4 Å². The molecule has 1 heterocycles. The van der Waals surface area contributed by atoms with E-state index in [0.29, 0.717) is 25.7 Å². The van der Waals surface area contributed by atoms with Crippen molar-refractivity contribution in [2.45, 2.75) is 38.8 Å². The Bertz CT molecular complexity index is 859. The van der Waals surface area contributed by atoms with Gasteiger partial charge in [0, 0.05) is 40.4 Å². The van der Waals surface area contributed by atoms with Gasteiger partial charge in [-0.3, -0.25) is 14.8 Å². The molecule has 0 spiro atoms. The molecule has 0 unspecified atom stereocenters. The molecule has 3 rings (SSSR count). The van der Waals surface area contributed by atoms with Gasteiger partial charge in [-0.2, -0.15) is 0 Å². The molecule has 0 aliphatic heterocycles. The monoisotopic (exact) mass is 423 g/mol. The molecule has 2 aromatic rings. The van der Waals surface area contributed by atoms with Crippen LogP contribution in [0.25, 0.3) is 0 Å². The zero-order valence-corrected chi connectivity index (χ0v) is 18.7. The van der Waals surface area contributed by atoms with Crippen molar-refractivity contribution in [3.63, 3.8) is 0 Å². The lowest BCUT2D eigenvalue weighted by molar-refractivity contribution is -0.138. The van der Waals surface area contributed by atoms with E-state index in [2.05, 4.69) is 20.6 Å². The first-order chi connectivity index (χ1) is 15.0. The first-order valence-corrected chi connectivity index (χ1v) is 10.8. The predicted octanol–water partition coefficient (Wildman–Crippen LogP) is 2.97. The van der Waals surface area contributed by atoms with Gasteiger partial charge in [0.1, 0.15) is 12.4 Å². The van der Waals surface area contributed by atoms with Gasteiger partial charge in [-0.05, 0) is 42.7 Å². The molecule has 0 radical (unpaired) electrons. The summed E-state index contributed by atoms with van der Waals surface area (Å²) in [6.45, 7) is 1.68. The van der Waals surface area contributed by atoms with E-state index in [4.69, 9.17) is 4.74 Å². The molecule has 1 fully saturated rings. The zero-order valence-electron chi connectivity index (χ0n) is 18.7. The number of rotatable bonds is 8. The van der Waals surface area contributed by atoms with E-state index in [-0.39, 0.29) is 11.3 Å². The lowest BCUT2D eigenvalue weighted by atomic mass is 9.84. The van der Waals surface area contributed by atoms with Crippen molar-refractivity contribution in [3.05, 3.63) is 59.9 Å². The van der Waals surface area contributed by atoms with Crippen LogP contribution in [0.1, 0.15) is 36.9 Å². The number of carbonyl (C=O) groups excluding carboxylic acids is 1. The smallest absolute Gasteiger partial charge is 0.230 e. The fourth-order valence-corrected chi connectivity index (χ4v) is 4.00. The summed E-state index contributed by atoms with van der Waals surface area (Å²) in [6.07, 6.45) is 5.81. The summed E-state index contributed by atoms with van der Waals surface area (Å²) in [5.74, 6) is 1.71. The maximum Gasteiger partial charge on any atom is 0.230 e. The van der Waals surface area contributed by atoms with Gasteiger partial charge in [-0.15, -0.1) is 0 Å². The Morgan fingerprint density at radius 1 is 1.13 bits per heavy atom. The second-order valence-corrected chi connectivity index (χ2v) is 8.22. The minimum absolute atomic E-state index is 0.203. The molecule has 1 amide bonds. The number of aliphatic imine (C=N–C) groups is 1. The van der Waals surface area contributed by atoms with Crippen molar-refractivity contribution >= 4 is 11.9 Å². The molecule has 1 saturated carbocycles. The molecule has 166 valence electrons. The molecule has 1 aromatic carbocycles. The van der Waals surface area contributed by atoms with E-state index >= 15 is 0 Å².